The quantitative estimate of drug-likeness (QED) is 0.113. The fraction of sp³-hybridized carbons (Fsp3) is 0.323. The zero-order chi connectivity index (χ0) is 31.1. The molecular formula is C31H34ClN5O6. The minimum atomic E-state index is -0.371. The van der Waals surface area contributed by atoms with E-state index in [4.69, 9.17) is 31.5 Å². The van der Waals surface area contributed by atoms with Crippen molar-refractivity contribution >= 4 is 40.1 Å². The molecule has 4 aromatic rings. The predicted octanol–water partition coefficient (Wildman–Crippen LogP) is 4.47. The Morgan fingerprint density at radius 1 is 1.07 bits per heavy atom. The highest BCUT2D eigenvalue weighted by atomic mass is 35.5. The minimum absolute atomic E-state index is 0.0578. The van der Waals surface area contributed by atoms with Crippen LogP contribution in [0.5, 0.6) is 11.8 Å². The number of benzene rings is 2. The van der Waals surface area contributed by atoms with Crippen LogP contribution >= 0.6 is 11.6 Å². The third kappa shape index (κ3) is 7.49. The summed E-state index contributed by atoms with van der Waals surface area (Å²) in [6, 6.07) is 10.9. The number of nitrogen functional groups attached to an aromatic ring is 1. The lowest BCUT2D eigenvalue weighted by atomic mass is 10.0. The van der Waals surface area contributed by atoms with Crippen LogP contribution < -0.4 is 20.9 Å². The number of aryl methyl sites for hydroxylation is 1. The summed E-state index contributed by atoms with van der Waals surface area (Å²) in [4.78, 5) is 48.8. The number of ether oxygens (including phenoxy) is 3. The summed E-state index contributed by atoms with van der Waals surface area (Å²) >= 11 is 6.41. The molecule has 0 atom stereocenters. The van der Waals surface area contributed by atoms with Crippen LogP contribution in [-0.4, -0.2) is 58.0 Å². The molecule has 0 saturated carbocycles. The van der Waals surface area contributed by atoms with E-state index < -0.39 is 0 Å². The number of rotatable bonds is 15. The molecule has 0 spiro atoms. The van der Waals surface area contributed by atoms with Crippen LogP contribution in [0.15, 0.2) is 53.3 Å². The van der Waals surface area contributed by atoms with E-state index in [1.807, 2.05) is 31.2 Å². The third-order valence-electron chi connectivity index (χ3n) is 6.92. The monoisotopic (exact) mass is 607 g/mol. The molecule has 11 nitrogen and oxygen atoms in total. The average molecular weight is 608 g/mol. The Balaban J connectivity index is 1.34. The minimum Gasteiger partial charge on any atom is -0.486 e. The topological polar surface area (TPSA) is 151 Å². The predicted molar refractivity (Wildman–Crippen MR) is 164 cm³/mol. The lowest BCUT2D eigenvalue weighted by molar-refractivity contribution is -0.121. The number of nitrogens with two attached hydrogens (primary N) is 1. The molecule has 226 valence electrons. The summed E-state index contributed by atoms with van der Waals surface area (Å²) in [6.07, 6.45) is 1.34. The number of nitrogens with zero attached hydrogens (tertiary/aromatic N) is 3. The van der Waals surface area contributed by atoms with Gasteiger partial charge in [-0.05, 0) is 48.6 Å². The van der Waals surface area contributed by atoms with Crippen molar-refractivity contribution in [1.29, 1.82) is 0 Å². The summed E-state index contributed by atoms with van der Waals surface area (Å²) in [7, 11) is 1.56. The van der Waals surface area contributed by atoms with E-state index in [9.17, 15) is 14.4 Å². The number of carbonyl (C=O) groups excluding carboxylic acids is 2. The summed E-state index contributed by atoms with van der Waals surface area (Å²) < 4.78 is 17.6. The van der Waals surface area contributed by atoms with Crippen molar-refractivity contribution in [2.45, 2.75) is 39.7 Å². The van der Waals surface area contributed by atoms with E-state index in [1.54, 1.807) is 26.2 Å². The Hall–Kier alpha value is -4.48. The Labute approximate surface area is 253 Å². The van der Waals surface area contributed by atoms with Crippen LogP contribution in [-0.2, 0) is 22.5 Å². The molecule has 0 aliphatic rings. The van der Waals surface area contributed by atoms with Crippen LogP contribution in [0.2, 0.25) is 5.02 Å². The molecule has 0 amide bonds. The van der Waals surface area contributed by atoms with Gasteiger partial charge in [-0.25, -0.2) is 4.79 Å². The molecule has 2 aromatic heterocycles. The van der Waals surface area contributed by atoms with Gasteiger partial charge in [-0.3, -0.25) is 14.2 Å². The number of hydrogen-bond donors (Lipinski definition) is 2. The number of fused-ring (bicyclic) bond motifs is 1. The number of ketones is 2. The number of halogens is 1. The standard InChI is InChI=1S/C31H34ClN5O6/c1-5-18(2)27(39)23-12-13-24(19(3)25(23)32)43-17-22(38)11-10-20-6-8-21(9-7-20)16-37-29-26(34-31(37)40)28(33)35-30(36-29)42-15-14-41-4/h6-9,12-13H,2,5,10-11,14-17H2,1,3-4H3,(H,34,40)(H2,33,35,36). The molecular weight excluding hydrogens is 574 g/mol. The first-order valence-electron chi connectivity index (χ1n) is 13.7. The highest BCUT2D eigenvalue weighted by Crippen LogP contribution is 2.31. The van der Waals surface area contributed by atoms with Crippen LogP contribution in [0.3, 0.4) is 0 Å². The van der Waals surface area contributed by atoms with E-state index in [1.165, 1.54) is 4.57 Å². The number of nitrogens with one attached hydrogen (secondary N) is 1. The van der Waals surface area contributed by atoms with Gasteiger partial charge < -0.3 is 24.9 Å². The molecule has 2 heterocycles. The number of H-pyrrole nitrogens is 1. The number of aromatic amines is 1. The maximum atomic E-state index is 12.6. The first-order valence-corrected chi connectivity index (χ1v) is 14.1. The SMILES string of the molecule is C=C(CC)C(=O)c1ccc(OCC(=O)CCc2ccc(Cn3c(=O)[nH]c4c(N)nc(OCCOC)nc43)cc2)c(C)c1Cl. The molecule has 0 unspecified atom stereocenters. The van der Waals surface area contributed by atoms with Gasteiger partial charge >= 0.3 is 11.7 Å². The molecule has 0 bridgehead atoms. The van der Waals surface area contributed by atoms with E-state index in [0.29, 0.717) is 58.1 Å². The van der Waals surface area contributed by atoms with Gasteiger partial charge in [-0.2, -0.15) is 9.97 Å². The van der Waals surface area contributed by atoms with Crippen LogP contribution in [0.4, 0.5) is 5.82 Å². The maximum absolute atomic E-state index is 12.6. The van der Waals surface area contributed by atoms with Crippen LogP contribution in [0, 0.1) is 6.92 Å². The second-order valence-electron chi connectivity index (χ2n) is 9.93. The van der Waals surface area contributed by atoms with Gasteiger partial charge in [0.05, 0.1) is 18.2 Å². The zero-order valence-corrected chi connectivity index (χ0v) is 25.1. The molecule has 12 heteroatoms. The highest BCUT2D eigenvalue weighted by molar-refractivity contribution is 6.35. The summed E-state index contributed by atoms with van der Waals surface area (Å²) in [5, 5.41) is 0.298. The van der Waals surface area contributed by atoms with Gasteiger partial charge in [-0.15, -0.1) is 0 Å². The summed E-state index contributed by atoms with van der Waals surface area (Å²) in [5.74, 6) is 0.287. The van der Waals surface area contributed by atoms with E-state index in [2.05, 4.69) is 21.5 Å². The number of Topliss-reactive ketones (excluding diaryl/α,β-unsaturated/α-hetero) is 2. The van der Waals surface area contributed by atoms with Gasteiger partial charge in [0.1, 0.15) is 24.5 Å². The number of methoxy groups -OCH3 is 1. The average Bonchev–Trinajstić information content (AvgIpc) is 3.31. The fourth-order valence-electron chi connectivity index (χ4n) is 4.32. The van der Waals surface area contributed by atoms with Crippen molar-refractivity contribution in [3.05, 3.63) is 86.3 Å². The molecule has 0 aliphatic heterocycles. The summed E-state index contributed by atoms with van der Waals surface area (Å²) in [6.45, 7) is 8.12. The lowest BCUT2D eigenvalue weighted by Crippen LogP contribution is -2.18. The van der Waals surface area contributed by atoms with Crippen molar-refractivity contribution in [1.82, 2.24) is 19.5 Å². The van der Waals surface area contributed by atoms with Crippen LogP contribution in [0.1, 0.15) is 46.8 Å². The normalized spacial score (nSPS) is 11.1. The molecule has 0 aliphatic carbocycles. The Kier molecular flexibility index (Phi) is 10.3. The van der Waals surface area contributed by atoms with Gasteiger partial charge in [0.25, 0.3) is 0 Å². The first-order chi connectivity index (χ1) is 20.6. The maximum Gasteiger partial charge on any atom is 0.328 e. The van der Waals surface area contributed by atoms with E-state index in [0.717, 1.165) is 11.1 Å². The molecule has 2 aromatic carbocycles. The van der Waals surface area contributed by atoms with E-state index >= 15 is 0 Å². The molecule has 0 saturated heterocycles. The number of imidazole rings is 1. The molecule has 43 heavy (non-hydrogen) atoms. The number of anilines is 1. The first kappa shape index (κ1) is 31.5. The number of carbonyl (C=O) groups is 2. The lowest BCUT2D eigenvalue weighted by Gasteiger charge is -2.13. The van der Waals surface area contributed by atoms with Crippen molar-refractivity contribution in [2.75, 3.05) is 32.7 Å². The number of hydrogen-bond acceptors (Lipinski definition) is 9. The smallest absolute Gasteiger partial charge is 0.328 e. The molecule has 0 radical (unpaired) electrons. The zero-order valence-electron chi connectivity index (χ0n) is 24.4. The molecule has 3 N–H and O–H groups in total. The van der Waals surface area contributed by atoms with Crippen molar-refractivity contribution in [3.8, 4) is 11.8 Å². The number of aromatic nitrogens is 4. The van der Waals surface area contributed by atoms with Crippen molar-refractivity contribution in [2.24, 2.45) is 0 Å². The Morgan fingerprint density at radius 3 is 2.49 bits per heavy atom. The number of allylic oxidation sites excluding steroid dienone is 1. The third-order valence-corrected chi connectivity index (χ3v) is 7.41. The Bertz CT molecular complexity index is 1710. The Morgan fingerprint density at radius 2 is 1.79 bits per heavy atom. The van der Waals surface area contributed by atoms with Crippen molar-refractivity contribution < 1.29 is 23.8 Å². The van der Waals surface area contributed by atoms with Gasteiger partial charge in [0, 0.05) is 24.7 Å². The van der Waals surface area contributed by atoms with Gasteiger partial charge in [-0.1, -0.05) is 49.4 Å². The fourth-order valence-corrected chi connectivity index (χ4v) is 4.56. The second kappa shape index (κ2) is 14.1. The van der Waals surface area contributed by atoms with E-state index in [-0.39, 0.29) is 55.3 Å². The molecule has 0 fully saturated rings. The van der Waals surface area contributed by atoms with Crippen LogP contribution in [0.25, 0.3) is 11.2 Å². The largest absolute Gasteiger partial charge is 0.486 e. The highest BCUT2D eigenvalue weighted by Gasteiger charge is 2.18. The second-order valence-corrected chi connectivity index (χ2v) is 10.3. The summed E-state index contributed by atoms with van der Waals surface area (Å²) in [5.41, 5.74) is 9.58. The van der Waals surface area contributed by atoms with Gasteiger partial charge in [0.2, 0.25) is 0 Å². The van der Waals surface area contributed by atoms with Crippen molar-refractivity contribution in [3.63, 3.8) is 0 Å². The van der Waals surface area contributed by atoms with Gasteiger partial charge in [0.15, 0.2) is 23.0 Å². The molecule has 4 rings (SSSR count).